The van der Waals surface area contributed by atoms with Crippen LogP contribution in [0.15, 0.2) is 0 Å². The zero-order chi connectivity index (χ0) is 45.0. The Labute approximate surface area is 383 Å². The Morgan fingerprint density at radius 2 is 0.726 bits per heavy atom. The summed E-state index contributed by atoms with van der Waals surface area (Å²) in [5.74, 6) is -1.10. The molecule has 1 saturated heterocycles. The van der Waals surface area contributed by atoms with E-state index in [0.717, 1.165) is 57.8 Å². The third-order valence-electron chi connectivity index (χ3n) is 12.9. The number of carbonyl (C=O) groups is 3. The molecule has 0 radical (unpaired) electrons. The van der Waals surface area contributed by atoms with Gasteiger partial charge in [0.15, 0.2) is 12.2 Å². The summed E-state index contributed by atoms with van der Waals surface area (Å²) >= 11 is 0. The Bertz CT molecular complexity index is 1000. The predicted molar refractivity (Wildman–Crippen MR) is 257 cm³/mol. The monoisotopic (exact) mass is 879 g/mol. The molecule has 1 N–H and O–H groups in total. The number of unbranched alkanes of at least 4 members (excludes halogenated alkanes) is 36. The Balaban J connectivity index is 2.49. The van der Waals surface area contributed by atoms with Gasteiger partial charge in [-0.1, -0.05) is 252 Å². The van der Waals surface area contributed by atoms with Crippen LogP contribution in [0.5, 0.6) is 0 Å². The molecule has 4 atom stereocenters. The van der Waals surface area contributed by atoms with Gasteiger partial charge in [0, 0.05) is 19.3 Å². The summed E-state index contributed by atoms with van der Waals surface area (Å²) in [6.45, 7) is 6.55. The minimum atomic E-state index is -1.04. The van der Waals surface area contributed by atoms with E-state index in [1.54, 1.807) is 0 Å². The van der Waals surface area contributed by atoms with Crippen molar-refractivity contribution in [3.8, 4) is 0 Å². The molecular weight excluding hydrogens is 777 g/mol. The maximum absolute atomic E-state index is 13.1. The van der Waals surface area contributed by atoms with Crippen LogP contribution >= 0.6 is 0 Å². The molecule has 0 bridgehead atoms. The maximum atomic E-state index is 13.1. The lowest BCUT2D eigenvalue weighted by Gasteiger charge is -2.28. The van der Waals surface area contributed by atoms with E-state index in [0.29, 0.717) is 6.42 Å². The van der Waals surface area contributed by atoms with Crippen LogP contribution in [-0.2, 0) is 33.3 Å². The van der Waals surface area contributed by atoms with Crippen molar-refractivity contribution in [1.82, 2.24) is 0 Å². The van der Waals surface area contributed by atoms with E-state index in [2.05, 4.69) is 20.8 Å². The SMILES string of the molecule is CCCCCCCCCCCCCCCC(=O)OCC(OC(=O)CCCCCCCCCCCCCCC)[C@H]1OC[C@@H](O)[C@@H]1OC(=O)CCCCCCCCCCCCCCC. The number of aliphatic hydroxyl groups excluding tert-OH is 1. The molecule has 366 valence electrons. The molecule has 1 aliphatic rings. The summed E-state index contributed by atoms with van der Waals surface area (Å²) in [6.07, 6.45) is 44.8. The number of hydrogen-bond acceptors (Lipinski definition) is 8. The van der Waals surface area contributed by atoms with Crippen molar-refractivity contribution in [3.63, 3.8) is 0 Å². The van der Waals surface area contributed by atoms with Gasteiger partial charge in [0.05, 0.1) is 6.61 Å². The quantitative estimate of drug-likeness (QED) is 0.0366. The first kappa shape index (κ1) is 58.3. The average Bonchev–Trinajstić information content (AvgIpc) is 3.62. The first-order valence-corrected chi connectivity index (χ1v) is 27.3. The molecule has 1 aliphatic heterocycles. The zero-order valence-corrected chi connectivity index (χ0v) is 41.2. The van der Waals surface area contributed by atoms with Gasteiger partial charge in [-0.05, 0) is 19.3 Å². The summed E-state index contributed by atoms with van der Waals surface area (Å²) in [5, 5.41) is 10.8. The van der Waals surface area contributed by atoms with Crippen molar-refractivity contribution in [2.45, 2.75) is 315 Å². The van der Waals surface area contributed by atoms with Gasteiger partial charge < -0.3 is 24.1 Å². The Morgan fingerprint density at radius 1 is 0.435 bits per heavy atom. The van der Waals surface area contributed by atoms with E-state index < -0.39 is 24.4 Å². The minimum Gasteiger partial charge on any atom is -0.462 e. The van der Waals surface area contributed by atoms with Gasteiger partial charge in [0.1, 0.15) is 18.8 Å². The smallest absolute Gasteiger partial charge is 0.306 e. The highest BCUT2D eigenvalue weighted by molar-refractivity contribution is 5.71. The number of esters is 3. The molecule has 8 heteroatoms. The van der Waals surface area contributed by atoms with E-state index in [-0.39, 0.29) is 44.0 Å². The lowest BCUT2D eigenvalue weighted by molar-refractivity contribution is -0.177. The molecule has 0 aromatic rings. The van der Waals surface area contributed by atoms with Crippen LogP contribution < -0.4 is 0 Å². The largest absolute Gasteiger partial charge is 0.462 e. The summed E-state index contributed by atoms with van der Waals surface area (Å²) in [5.41, 5.74) is 0. The van der Waals surface area contributed by atoms with Crippen LogP contribution in [0.3, 0.4) is 0 Å². The third kappa shape index (κ3) is 35.7. The second-order valence-corrected chi connectivity index (χ2v) is 19.0. The van der Waals surface area contributed by atoms with Crippen LogP contribution in [0.1, 0.15) is 290 Å². The molecule has 1 heterocycles. The van der Waals surface area contributed by atoms with Crippen LogP contribution in [-0.4, -0.2) is 60.6 Å². The molecule has 1 rings (SSSR count). The van der Waals surface area contributed by atoms with Crippen molar-refractivity contribution in [2.75, 3.05) is 13.2 Å². The molecule has 8 nitrogen and oxygen atoms in total. The number of ether oxygens (including phenoxy) is 4. The van der Waals surface area contributed by atoms with E-state index in [1.807, 2.05) is 0 Å². The molecule has 0 aromatic carbocycles. The normalized spacial score (nSPS) is 16.7. The summed E-state index contributed by atoms with van der Waals surface area (Å²) in [7, 11) is 0. The minimum absolute atomic E-state index is 0.0405. The second-order valence-electron chi connectivity index (χ2n) is 19.0. The van der Waals surface area contributed by atoms with E-state index >= 15 is 0 Å². The van der Waals surface area contributed by atoms with Gasteiger partial charge in [-0.2, -0.15) is 0 Å². The van der Waals surface area contributed by atoms with Crippen molar-refractivity contribution in [1.29, 1.82) is 0 Å². The van der Waals surface area contributed by atoms with E-state index in [9.17, 15) is 19.5 Å². The highest BCUT2D eigenvalue weighted by Gasteiger charge is 2.46. The van der Waals surface area contributed by atoms with Crippen molar-refractivity contribution >= 4 is 17.9 Å². The van der Waals surface area contributed by atoms with Gasteiger partial charge in [-0.15, -0.1) is 0 Å². The summed E-state index contributed by atoms with van der Waals surface area (Å²) in [4.78, 5) is 39.0. The van der Waals surface area contributed by atoms with Crippen LogP contribution in [0.25, 0.3) is 0 Å². The van der Waals surface area contributed by atoms with E-state index in [4.69, 9.17) is 18.9 Å². The molecule has 0 amide bonds. The van der Waals surface area contributed by atoms with E-state index in [1.165, 1.54) is 193 Å². The molecule has 0 saturated carbocycles. The number of carbonyl (C=O) groups excluding carboxylic acids is 3. The summed E-state index contributed by atoms with van der Waals surface area (Å²) in [6, 6.07) is 0. The number of aliphatic hydroxyl groups is 1. The Kier molecular flexibility index (Phi) is 41.9. The predicted octanol–water partition coefficient (Wildman–Crippen LogP) is 15.6. The van der Waals surface area contributed by atoms with Gasteiger partial charge in [0.2, 0.25) is 0 Å². The molecule has 0 aliphatic carbocycles. The fourth-order valence-corrected chi connectivity index (χ4v) is 8.83. The Morgan fingerprint density at radius 3 is 1.06 bits per heavy atom. The molecule has 62 heavy (non-hydrogen) atoms. The van der Waals surface area contributed by atoms with Gasteiger partial charge in [-0.25, -0.2) is 0 Å². The van der Waals surface area contributed by atoms with Gasteiger partial charge in [-0.3, -0.25) is 14.4 Å². The zero-order valence-electron chi connectivity index (χ0n) is 41.2. The fourth-order valence-electron chi connectivity index (χ4n) is 8.83. The Hall–Kier alpha value is -1.67. The van der Waals surface area contributed by atoms with Crippen molar-refractivity contribution in [3.05, 3.63) is 0 Å². The number of rotatable bonds is 47. The highest BCUT2D eigenvalue weighted by Crippen LogP contribution is 2.25. The maximum Gasteiger partial charge on any atom is 0.306 e. The van der Waals surface area contributed by atoms with Gasteiger partial charge in [0.25, 0.3) is 0 Å². The molecule has 1 fully saturated rings. The molecule has 1 unspecified atom stereocenters. The average molecular weight is 879 g/mol. The standard InChI is InChI=1S/C54H102O8/c1-4-7-10-13-16-19-22-25-28-31-34-37-40-43-50(56)59-47-49(61-51(57)44-41-38-35-32-29-26-23-20-17-14-11-8-5-2)54-53(48(55)46-60-54)62-52(58)45-42-39-36-33-30-27-24-21-18-15-12-9-6-3/h48-49,53-55H,4-47H2,1-3H3/t48-,49?,53+,54-/m1/s1. The second kappa shape index (κ2) is 44.5. The van der Waals surface area contributed by atoms with Crippen molar-refractivity contribution in [2.24, 2.45) is 0 Å². The summed E-state index contributed by atoms with van der Waals surface area (Å²) < 4.78 is 23.3. The topological polar surface area (TPSA) is 108 Å². The fraction of sp³-hybridized carbons (Fsp3) is 0.944. The third-order valence-corrected chi connectivity index (χ3v) is 12.9. The van der Waals surface area contributed by atoms with Crippen LogP contribution in [0, 0.1) is 0 Å². The van der Waals surface area contributed by atoms with Gasteiger partial charge >= 0.3 is 17.9 Å². The van der Waals surface area contributed by atoms with Crippen molar-refractivity contribution < 1.29 is 38.4 Å². The molecule has 0 spiro atoms. The molecular formula is C54H102O8. The number of hydrogen-bond donors (Lipinski definition) is 1. The first-order chi connectivity index (χ1) is 30.4. The lowest BCUT2D eigenvalue weighted by Crippen LogP contribution is -2.46. The van der Waals surface area contributed by atoms with Crippen LogP contribution in [0.2, 0.25) is 0 Å². The molecule has 0 aromatic heterocycles. The van der Waals surface area contributed by atoms with Crippen LogP contribution in [0.4, 0.5) is 0 Å². The highest BCUT2D eigenvalue weighted by atomic mass is 16.6. The first-order valence-electron chi connectivity index (χ1n) is 27.3. The lowest BCUT2D eigenvalue weighted by atomic mass is 10.0.